The maximum atomic E-state index is 11.7. The Morgan fingerprint density at radius 2 is 2.11 bits per heavy atom. The van der Waals surface area contributed by atoms with E-state index in [-0.39, 0.29) is 5.75 Å². The molecular formula is C12H22N4O2S. The molecule has 19 heavy (non-hydrogen) atoms. The van der Waals surface area contributed by atoms with Crippen LogP contribution < -0.4 is 10.0 Å². The Hall–Kier alpha value is -0.920. The number of nitrogens with zero attached hydrogens (tertiary/aromatic N) is 2. The third kappa shape index (κ3) is 6.17. The van der Waals surface area contributed by atoms with Gasteiger partial charge in [0.25, 0.3) is 0 Å². The fourth-order valence-electron chi connectivity index (χ4n) is 1.83. The van der Waals surface area contributed by atoms with E-state index in [0.717, 1.165) is 13.0 Å². The van der Waals surface area contributed by atoms with Crippen LogP contribution in [0.15, 0.2) is 18.5 Å². The van der Waals surface area contributed by atoms with Crippen LogP contribution in [-0.4, -0.2) is 43.1 Å². The fourth-order valence-corrected chi connectivity index (χ4v) is 2.96. The number of nitrogens with one attached hydrogen (secondary N) is 2. The molecule has 1 fully saturated rings. The average molecular weight is 286 g/mol. The summed E-state index contributed by atoms with van der Waals surface area (Å²) in [4.78, 5) is 0. The minimum atomic E-state index is -3.14. The predicted octanol–water partition coefficient (Wildman–Crippen LogP) is 0.335. The van der Waals surface area contributed by atoms with E-state index in [0.29, 0.717) is 25.6 Å². The lowest BCUT2D eigenvalue weighted by Gasteiger charge is -2.07. The van der Waals surface area contributed by atoms with Crippen LogP contribution >= 0.6 is 0 Å². The van der Waals surface area contributed by atoms with Crippen LogP contribution in [-0.2, 0) is 16.6 Å². The minimum absolute atomic E-state index is 0.207. The summed E-state index contributed by atoms with van der Waals surface area (Å²) in [5.41, 5.74) is 0. The first kappa shape index (κ1) is 14.5. The van der Waals surface area contributed by atoms with Gasteiger partial charge in [-0.1, -0.05) is 0 Å². The molecule has 1 aliphatic carbocycles. The van der Waals surface area contributed by atoms with E-state index >= 15 is 0 Å². The highest BCUT2D eigenvalue weighted by molar-refractivity contribution is 7.89. The van der Waals surface area contributed by atoms with Gasteiger partial charge in [-0.2, -0.15) is 5.10 Å². The highest BCUT2D eigenvalue weighted by Gasteiger charge is 2.19. The normalized spacial score (nSPS) is 15.8. The first-order valence-electron chi connectivity index (χ1n) is 6.84. The molecule has 6 nitrogen and oxygen atoms in total. The Bertz CT molecular complexity index is 454. The smallest absolute Gasteiger partial charge is 0.211 e. The minimum Gasteiger partial charge on any atom is -0.314 e. The molecule has 0 saturated heterocycles. The van der Waals surface area contributed by atoms with Gasteiger partial charge in [0.05, 0.1) is 12.3 Å². The number of hydrogen-bond donors (Lipinski definition) is 2. The molecule has 1 aromatic heterocycles. The summed E-state index contributed by atoms with van der Waals surface area (Å²) < 4.78 is 27.7. The Kier molecular flexibility index (Phi) is 5.35. The molecule has 2 N–H and O–H groups in total. The summed E-state index contributed by atoms with van der Waals surface area (Å²) >= 11 is 0. The van der Waals surface area contributed by atoms with Gasteiger partial charge in [-0.3, -0.25) is 4.68 Å². The van der Waals surface area contributed by atoms with Crippen LogP contribution in [0.2, 0.25) is 0 Å². The van der Waals surface area contributed by atoms with Gasteiger partial charge >= 0.3 is 0 Å². The highest BCUT2D eigenvalue weighted by atomic mass is 32.2. The van der Waals surface area contributed by atoms with Crippen molar-refractivity contribution in [1.82, 2.24) is 19.8 Å². The summed E-state index contributed by atoms with van der Waals surface area (Å²) in [7, 11) is -3.14. The maximum absolute atomic E-state index is 11.7. The van der Waals surface area contributed by atoms with Crippen molar-refractivity contribution in [2.75, 3.05) is 18.8 Å². The van der Waals surface area contributed by atoms with Crippen molar-refractivity contribution in [3.05, 3.63) is 18.5 Å². The molecule has 1 saturated carbocycles. The number of aromatic nitrogens is 2. The monoisotopic (exact) mass is 286 g/mol. The largest absolute Gasteiger partial charge is 0.314 e. The number of sulfonamides is 1. The summed E-state index contributed by atoms with van der Waals surface area (Å²) in [6, 6.07) is 2.52. The third-order valence-corrected chi connectivity index (χ3v) is 4.54. The topological polar surface area (TPSA) is 76.0 Å². The second kappa shape index (κ2) is 7.02. The summed E-state index contributed by atoms with van der Waals surface area (Å²) in [5.74, 6) is 0.207. The Balaban J connectivity index is 1.53. The van der Waals surface area contributed by atoms with Gasteiger partial charge in [0.1, 0.15) is 0 Å². The number of hydrogen-bond acceptors (Lipinski definition) is 4. The van der Waals surface area contributed by atoms with Gasteiger partial charge in [-0.15, -0.1) is 0 Å². The summed E-state index contributed by atoms with van der Waals surface area (Å²) in [5, 5.41) is 7.40. The van der Waals surface area contributed by atoms with E-state index in [2.05, 4.69) is 15.1 Å². The van der Waals surface area contributed by atoms with Crippen molar-refractivity contribution >= 4 is 10.0 Å². The maximum Gasteiger partial charge on any atom is 0.211 e. The number of rotatable bonds is 10. The van der Waals surface area contributed by atoms with Gasteiger partial charge in [0.15, 0.2) is 0 Å². The summed E-state index contributed by atoms with van der Waals surface area (Å²) in [6.45, 7) is 1.88. The van der Waals surface area contributed by atoms with Gasteiger partial charge in [-0.25, -0.2) is 13.1 Å². The Labute approximate surface area is 114 Å². The first-order valence-corrected chi connectivity index (χ1v) is 8.49. The van der Waals surface area contributed by atoms with E-state index in [9.17, 15) is 8.42 Å². The standard InChI is InChI=1S/C12H22N4O2S/c17-19(18,11-2-1-6-13-12-4-5-12)15-8-10-16-9-3-7-14-16/h3,7,9,12-13,15H,1-2,4-6,8,10-11H2. The average Bonchev–Trinajstić information content (AvgIpc) is 3.04. The highest BCUT2D eigenvalue weighted by Crippen LogP contribution is 2.18. The van der Waals surface area contributed by atoms with Crippen molar-refractivity contribution in [1.29, 1.82) is 0 Å². The van der Waals surface area contributed by atoms with Crippen molar-refractivity contribution in [3.8, 4) is 0 Å². The second-order valence-corrected chi connectivity index (χ2v) is 6.84. The molecule has 1 heterocycles. The van der Waals surface area contributed by atoms with Crippen molar-refractivity contribution in [3.63, 3.8) is 0 Å². The Morgan fingerprint density at radius 1 is 1.26 bits per heavy atom. The van der Waals surface area contributed by atoms with E-state index in [1.54, 1.807) is 10.9 Å². The van der Waals surface area contributed by atoms with Crippen molar-refractivity contribution < 1.29 is 8.42 Å². The molecule has 108 valence electrons. The number of unbranched alkanes of at least 4 members (excludes halogenated alkanes) is 1. The summed E-state index contributed by atoms with van der Waals surface area (Å²) in [6.07, 6.45) is 7.66. The van der Waals surface area contributed by atoms with E-state index in [4.69, 9.17) is 0 Å². The zero-order chi connectivity index (χ0) is 13.6. The molecule has 0 aromatic carbocycles. The molecular weight excluding hydrogens is 264 g/mol. The Morgan fingerprint density at radius 3 is 2.79 bits per heavy atom. The van der Waals surface area contributed by atoms with E-state index < -0.39 is 10.0 Å². The molecule has 0 aliphatic heterocycles. The molecule has 7 heteroatoms. The molecule has 0 radical (unpaired) electrons. The predicted molar refractivity (Wildman–Crippen MR) is 74.3 cm³/mol. The molecule has 0 unspecified atom stereocenters. The van der Waals surface area contributed by atoms with Crippen LogP contribution in [0.1, 0.15) is 25.7 Å². The van der Waals surface area contributed by atoms with Crippen LogP contribution in [0.5, 0.6) is 0 Å². The SMILES string of the molecule is O=S(=O)(CCCCNC1CC1)NCCn1cccn1. The van der Waals surface area contributed by atoms with Crippen LogP contribution in [0.25, 0.3) is 0 Å². The molecule has 0 atom stereocenters. The zero-order valence-corrected chi connectivity index (χ0v) is 11.9. The molecule has 1 aromatic rings. The third-order valence-electron chi connectivity index (χ3n) is 3.07. The van der Waals surface area contributed by atoms with Gasteiger partial charge in [0.2, 0.25) is 10.0 Å². The lowest BCUT2D eigenvalue weighted by atomic mass is 10.3. The second-order valence-electron chi connectivity index (χ2n) is 4.92. The first-order chi connectivity index (χ1) is 9.16. The van der Waals surface area contributed by atoms with Crippen molar-refractivity contribution in [2.24, 2.45) is 0 Å². The van der Waals surface area contributed by atoms with Crippen LogP contribution in [0, 0.1) is 0 Å². The lowest BCUT2D eigenvalue weighted by molar-refractivity contribution is 0.555. The quantitative estimate of drug-likeness (QED) is 0.608. The lowest BCUT2D eigenvalue weighted by Crippen LogP contribution is -2.30. The van der Waals surface area contributed by atoms with Gasteiger partial charge < -0.3 is 5.32 Å². The van der Waals surface area contributed by atoms with Crippen LogP contribution in [0.4, 0.5) is 0 Å². The molecule has 0 bridgehead atoms. The molecule has 0 spiro atoms. The zero-order valence-electron chi connectivity index (χ0n) is 11.1. The molecule has 0 amide bonds. The molecule has 1 aliphatic rings. The fraction of sp³-hybridized carbons (Fsp3) is 0.750. The van der Waals surface area contributed by atoms with Gasteiger partial charge in [0, 0.05) is 25.0 Å². The van der Waals surface area contributed by atoms with Crippen molar-refractivity contribution in [2.45, 2.75) is 38.3 Å². The van der Waals surface area contributed by atoms with E-state index in [1.165, 1.54) is 12.8 Å². The molecule has 2 rings (SSSR count). The van der Waals surface area contributed by atoms with Gasteiger partial charge in [-0.05, 0) is 38.3 Å². The van der Waals surface area contributed by atoms with Crippen LogP contribution in [0.3, 0.4) is 0 Å². The van der Waals surface area contributed by atoms with E-state index in [1.807, 2.05) is 12.3 Å².